The minimum Gasteiger partial charge on any atom is -0.325 e. The van der Waals surface area contributed by atoms with E-state index >= 15 is 0 Å². The monoisotopic (exact) mass is 522 g/mol. The van der Waals surface area contributed by atoms with Gasteiger partial charge in [0.05, 0.1) is 23.4 Å². The smallest absolute Gasteiger partial charge is 0.257 e. The van der Waals surface area contributed by atoms with E-state index in [2.05, 4.69) is 24.5 Å². The van der Waals surface area contributed by atoms with Gasteiger partial charge in [-0.25, -0.2) is 0 Å². The second kappa shape index (κ2) is 12.4. The average molecular weight is 523 g/mol. The number of aryl methyl sites for hydroxylation is 1. The molecule has 4 aromatic carbocycles. The molecule has 0 saturated heterocycles. The van der Waals surface area contributed by atoms with Crippen molar-refractivity contribution in [3.8, 4) is 0 Å². The molecule has 0 aliphatic carbocycles. The number of benzene rings is 4. The highest BCUT2D eigenvalue weighted by molar-refractivity contribution is 7.99. The number of para-hydroxylation sites is 1. The number of nitrogens with one attached hydrogen (secondary N) is 2. The van der Waals surface area contributed by atoms with Gasteiger partial charge in [0.25, 0.3) is 5.91 Å². The molecule has 0 unspecified atom stereocenters. The van der Waals surface area contributed by atoms with Crippen LogP contribution in [0.2, 0.25) is 0 Å². The second-order valence-corrected chi connectivity index (χ2v) is 10.9. The molecule has 2 N–H and O–H groups in total. The van der Waals surface area contributed by atoms with Crippen molar-refractivity contribution < 1.29 is 14.4 Å². The third kappa shape index (κ3) is 6.99. The minimum absolute atomic E-state index is 0.177. The van der Waals surface area contributed by atoms with E-state index in [-0.39, 0.29) is 18.1 Å². The van der Waals surface area contributed by atoms with E-state index in [0.717, 1.165) is 16.0 Å². The standard InChI is InChI=1S/C32H30N2O3S/c1-21(2)38-25-16-14-23(15-17-25)20-30(35)33-28-12-8-7-11-26(28)32(37)34-29-18-13-22(3)19-27(29)31(36)24-9-5-4-6-10-24/h4-19,21H,20H2,1-3H3,(H,33,35)(H,34,37). The van der Waals surface area contributed by atoms with Crippen LogP contribution >= 0.6 is 11.8 Å². The molecule has 0 atom stereocenters. The summed E-state index contributed by atoms with van der Waals surface area (Å²) in [6.07, 6.45) is 0.191. The first kappa shape index (κ1) is 26.9. The largest absolute Gasteiger partial charge is 0.325 e. The van der Waals surface area contributed by atoms with Crippen LogP contribution in [0.4, 0.5) is 11.4 Å². The Hall–Kier alpha value is -4.16. The van der Waals surface area contributed by atoms with Gasteiger partial charge in [-0.05, 0) is 48.9 Å². The van der Waals surface area contributed by atoms with Crippen LogP contribution in [-0.2, 0) is 11.2 Å². The molecule has 0 aliphatic rings. The second-order valence-electron chi connectivity index (χ2n) is 9.28. The zero-order chi connectivity index (χ0) is 27.1. The Balaban J connectivity index is 1.50. The number of carbonyl (C=O) groups is 3. The van der Waals surface area contributed by atoms with Crippen molar-refractivity contribution in [1.82, 2.24) is 0 Å². The van der Waals surface area contributed by atoms with Crippen molar-refractivity contribution in [1.29, 1.82) is 0 Å². The number of hydrogen-bond donors (Lipinski definition) is 2. The molecule has 0 aliphatic heterocycles. The number of rotatable bonds is 9. The summed E-state index contributed by atoms with van der Waals surface area (Å²) < 4.78 is 0. The van der Waals surface area contributed by atoms with E-state index in [1.54, 1.807) is 72.4 Å². The molecule has 5 nitrogen and oxygen atoms in total. The average Bonchev–Trinajstić information content (AvgIpc) is 2.91. The highest BCUT2D eigenvalue weighted by Gasteiger charge is 2.18. The molecule has 0 aromatic heterocycles. The Kier molecular flexibility index (Phi) is 8.77. The van der Waals surface area contributed by atoms with Crippen LogP contribution in [-0.4, -0.2) is 22.8 Å². The Morgan fingerprint density at radius 2 is 1.39 bits per heavy atom. The molecule has 6 heteroatoms. The maximum absolute atomic E-state index is 13.3. The van der Waals surface area contributed by atoms with Crippen molar-refractivity contribution >= 4 is 40.7 Å². The first-order valence-corrected chi connectivity index (χ1v) is 13.3. The predicted molar refractivity (Wildman–Crippen MR) is 155 cm³/mol. The minimum atomic E-state index is -0.415. The summed E-state index contributed by atoms with van der Waals surface area (Å²) in [6, 6.07) is 29.1. The summed E-state index contributed by atoms with van der Waals surface area (Å²) in [6.45, 7) is 6.18. The lowest BCUT2D eigenvalue weighted by Gasteiger charge is -2.14. The highest BCUT2D eigenvalue weighted by Crippen LogP contribution is 2.25. The molecule has 0 bridgehead atoms. The lowest BCUT2D eigenvalue weighted by atomic mass is 9.99. The fraction of sp³-hybridized carbons (Fsp3) is 0.156. The molecular formula is C32H30N2O3S. The Labute approximate surface area is 227 Å². The molecule has 4 aromatic rings. The third-order valence-corrected chi connectivity index (χ3v) is 6.83. The van der Waals surface area contributed by atoms with Gasteiger partial charge in [0.1, 0.15) is 0 Å². The Bertz CT molecular complexity index is 1450. The first-order chi connectivity index (χ1) is 18.3. The van der Waals surface area contributed by atoms with Gasteiger partial charge in [0, 0.05) is 21.3 Å². The maximum atomic E-state index is 13.3. The van der Waals surface area contributed by atoms with E-state index in [1.165, 1.54) is 0 Å². The van der Waals surface area contributed by atoms with E-state index in [0.29, 0.717) is 33.3 Å². The summed E-state index contributed by atoms with van der Waals surface area (Å²) in [4.78, 5) is 40.5. The van der Waals surface area contributed by atoms with E-state index < -0.39 is 5.91 Å². The van der Waals surface area contributed by atoms with Gasteiger partial charge in [-0.1, -0.05) is 80.1 Å². The fourth-order valence-electron chi connectivity index (χ4n) is 4.02. The van der Waals surface area contributed by atoms with Gasteiger partial charge in [-0.3, -0.25) is 14.4 Å². The van der Waals surface area contributed by atoms with Crippen molar-refractivity contribution in [2.45, 2.75) is 37.3 Å². The van der Waals surface area contributed by atoms with Crippen LogP contribution in [0.25, 0.3) is 0 Å². The zero-order valence-corrected chi connectivity index (χ0v) is 22.5. The van der Waals surface area contributed by atoms with Crippen LogP contribution in [0.15, 0.2) is 102 Å². The summed E-state index contributed by atoms with van der Waals surface area (Å²) in [5.74, 6) is -0.810. The van der Waals surface area contributed by atoms with Gasteiger partial charge >= 0.3 is 0 Å². The molecule has 38 heavy (non-hydrogen) atoms. The quantitative estimate of drug-likeness (QED) is 0.181. The summed E-state index contributed by atoms with van der Waals surface area (Å²) in [7, 11) is 0. The van der Waals surface area contributed by atoms with Crippen molar-refractivity contribution in [2.24, 2.45) is 0 Å². The van der Waals surface area contributed by atoms with Gasteiger partial charge in [-0.15, -0.1) is 11.8 Å². The molecule has 192 valence electrons. The van der Waals surface area contributed by atoms with Crippen molar-refractivity contribution in [2.75, 3.05) is 10.6 Å². The van der Waals surface area contributed by atoms with Crippen LogP contribution in [0, 0.1) is 6.92 Å². The lowest BCUT2D eigenvalue weighted by molar-refractivity contribution is -0.115. The normalized spacial score (nSPS) is 10.7. The number of ketones is 1. The number of carbonyl (C=O) groups excluding carboxylic acids is 3. The SMILES string of the molecule is Cc1ccc(NC(=O)c2ccccc2NC(=O)Cc2ccc(SC(C)C)cc2)c(C(=O)c2ccccc2)c1. The van der Waals surface area contributed by atoms with Crippen LogP contribution < -0.4 is 10.6 Å². The molecule has 0 heterocycles. The van der Waals surface area contributed by atoms with E-state index in [4.69, 9.17) is 0 Å². The van der Waals surface area contributed by atoms with E-state index in [9.17, 15) is 14.4 Å². The number of thioether (sulfide) groups is 1. The summed E-state index contributed by atoms with van der Waals surface area (Å²) in [5.41, 5.74) is 3.87. The molecule has 4 rings (SSSR count). The molecule has 0 saturated carbocycles. The molecule has 0 spiro atoms. The molecular weight excluding hydrogens is 492 g/mol. The Morgan fingerprint density at radius 3 is 2.11 bits per heavy atom. The van der Waals surface area contributed by atoms with Crippen molar-refractivity contribution in [3.63, 3.8) is 0 Å². The number of anilines is 2. The molecule has 0 radical (unpaired) electrons. The van der Waals surface area contributed by atoms with Gasteiger partial charge in [0.2, 0.25) is 5.91 Å². The maximum Gasteiger partial charge on any atom is 0.257 e. The topological polar surface area (TPSA) is 75.3 Å². The number of hydrogen-bond acceptors (Lipinski definition) is 4. The first-order valence-electron chi connectivity index (χ1n) is 12.5. The van der Waals surface area contributed by atoms with Gasteiger partial charge < -0.3 is 10.6 Å². The lowest BCUT2D eigenvalue weighted by Crippen LogP contribution is -2.20. The van der Waals surface area contributed by atoms with Gasteiger partial charge in [0.15, 0.2) is 5.78 Å². The Morgan fingerprint density at radius 1 is 0.737 bits per heavy atom. The van der Waals surface area contributed by atoms with E-state index in [1.807, 2.05) is 43.3 Å². The third-order valence-electron chi connectivity index (χ3n) is 5.81. The summed E-state index contributed by atoms with van der Waals surface area (Å²) >= 11 is 1.77. The zero-order valence-electron chi connectivity index (χ0n) is 21.7. The van der Waals surface area contributed by atoms with Crippen LogP contribution in [0.1, 0.15) is 51.3 Å². The highest BCUT2D eigenvalue weighted by atomic mass is 32.2. The predicted octanol–water partition coefficient (Wildman–Crippen LogP) is 7.16. The fourth-order valence-corrected chi connectivity index (χ4v) is 4.86. The molecule has 2 amide bonds. The van der Waals surface area contributed by atoms with Gasteiger partial charge in [-0.2, -0.15) is 0 Å². The summed E-state index contributed by atoms with van der Waals surface area (Å²) in [5, 5.41) is 6.23. The van der Waals surface area contributed by atoms with Crippen LogP contribution in [0.3, 0.4) is 0 Å². The van der Waals surface area contributed by atoms with Crippen molar-refractivity contribution in [3.05, 3.63) is 125 Å². The number of amides is 2. The molecule has 0 fully saturated rings. The van der Waals surface area contributed by atoms with Crippen LogP contribution in [0.5, 0.6) is 0 Å².